The maximum atomic E-state index is 9.28. The summed E-state index contributed by atoms with van der Waals surface area (Å²) in [6.07, 6.45) is 0. The van der Waals surface area contributed by atoms with Crippen molar-refractivity contribution in [1.82, 2.24) is 0 Å². The molecule has 0 saturated carbocycles. The molecular weight excluding hydrogens is 292 g/mol. The molecule has 2 N–H and O–H groups in total. The lowest BCUT2D eigenvalue weighted by Crippen LogP contribution is -2.30. The zero-order chi connectivity index (χ0) is 16.2. The van der Waals surface area contributed by atoms with E-state index in [0.717, 1.165) is 11.1 Å². The van der Waals surface area contributed by atoms with Gasteiger partial charge in [0.2, 0.25) is 0 Å². The van der Waals surface area contributed by atoms with Crippen LogP contribution in [0.1, 0.15) is 37.5 Å². The van der Waals surface area contributed by atoms with Gasteiger partial charge in [-0.25, -0.2) is 0 Å². The Bertz CT molecular complexity index is 610. The highest BCUT2D eigenvalue weighted by Crippen LogP contribution is 2.21. The topological polar surface area (TPSA) is 49.7 Å². The number of aliphatic hydroxyl groups is 2. The van der Waals surface area contributed by atoms with Crippen molar-refractivity contribution in [2.24, 2.45) is 0 Å². The maximum absolute atomic E-state index is 9.28. The van der Waals surface area contributed by atoms with Gasteiger partial charge in [-0.2, -0.15) is 0 Å². The fraction of sp³-hybridized carbons (Fsp3) is 0.333. The van der Waals surface area contributed by atoms with Crippen LogP contribution in [0.5, 0.6) is 5.75 Å². The second-order valence-electron chi connectivity index (χ2n) is 6.30. The van der Waals surface area contributed by atoms with E-state index in [1.807, 2.05) is 24.3 Å². The number of benzene rings is 2. The third kappa shape index (κ3) is 4.19. The van der Waals surface area contributed by atoms with Crippen molar-refractivity contribution in [2.75, 3.05) is 0 Å². The first-order valence-corrected chi connectivity index (χ1v) is 8.22. The van der Waals surface area contributed by atoms with Crippen molar-refractivity contribution in [3.05, 3.63) is 59.2 Å². The van der Waals surface area contributed by atoms with Crippen LogP contribution in [0.25, 0.3) is 0 Å². The van der Waals surface area contributed by atoms with Gasteiger partial charge in [0.25, 0.3) is 0 Å². The monoisotopic (exact) mass is 314 g/mol. The molecule has 0 saturated heterocycles. The molecular formula is C18H22O3Si. The van der Waals surface area contributed by atoms with E-state index in [9.17, 15) is 10.2 Å². The zero-order valence-corrected chi connectivity index (χ0v) is 14.3. The Morgan fingerprint density at radius 1 is 0.955 bits per heavy atom. The predicted octanol–water partition coefficient (Wildman–Crippen LogP) is 2.29. The maximum Gasteiger partial charge on any atom is 0.351 e. The van der Waals surface area contributed by atoms with Crippen molar-refractivity contribution in [2.45, 2.75) is 39.4 Å². The van der Waals surface area contributed by atoms with E-state index in [-0.39, 0.29) is 28.4 Å². The van der Waals surface area contributed by atoms with Gasteiger partial charge >= 0.3 is 9.76 Å². The van der Waals surface area contributed by atoms with Gasteiger partial charge in [0.1, 0.15) is 5.75 Å². The van der Waals surface area contributed by atoms with Crippen molar-refractivity contribution >= 4 is 14.9 Å². The minimum atomic E-state index is -0.0636. The first kappa shape index (κ1) is 16.7. The fourth-order valence-corrected chi connectivity index (χ4v) is 3.39. The highest BCUT2D eigenvalue weighted by molar-refractivity contribution is 6.48. The minimum Gasteiger partial charge on any atom is -0.536 e. The molecule has 0 spiro atoms. The molecule has 0 aliphatic carbocycles. The summed E-state index contributed by atoms with van der Waals surface area (Å²) in [6.45, 7) is 6.43. The number of hydrogen-bond donors (Lipinski definition) is 2. The lowest BCUT2D eigenvalue weighted by molar-refractivity contribution is 0.274. The van der Waals surface area contributed by atoms with Crippen molar-refractivity contribution in [3.63, 3.8) is 0 Å². The summed E-state index contributed by atoms with van der Waals surface area (Å²) in [7, 11) is 0.187. The average molecular weight is 314 g/mol. The molecule has 4 heteroatoms. The molecule has 2 rings (SSSR count). The van der Waals surface area contributed by atoms with E-state index >= 15 is 0 Å². The second kappa shape index (κ2) is 7.09. The second-order valence-corrected chi connectivity index (χ2v) is 7.25. The standard InChI is InChI=1S/C18H22O3Si/c1-18(2,3)16-6-4-5-7-17(16)22-21-15-9-13(11-19)8-14(10-15)12-20/h4-10,19-20H,11-12H2,1-3H3. The summed E-state index contributed by atoms with van der Waals surface area (Å²) < 4.78 is 5.92. The fourth-order valence-electron chi connectivity index (χ4n) is 2.31. The van der Waals surface area contributed by atoms with E-state index in [2.05, 4.69) is 32.9 Å². The van der Waals surface area contributed by atoms with Gasteiger partial charge in [-0.05, 0) is 39.4 Å². The Morgan fingerprint density at radius 2 is 1.55 bits per heavy atom. The Morgan fingerprint density at radius 3 is 2.09 bits per heavy atom. The van der Waals surface area contributed by atoms with Crippen molar-refractivity contribution in [3.8, 4) is 5.75 Å². The largest absolute Gasteiger partial charge is 0.536 e. The zero-order valence-electron chi connectivity index (χ0n) is 13.3. The lowest BCUT2D eigenvalue weighted by Gasteiger charge is -2.22. The van der Waals surface area contributed by atoms with Crippen LogP contribution in [-0.4, -0.2) is 20.0 Å². The Labute approximate surface area is 134 Å². The quantitative estimate of drug-likeness (QED) is 0.833. The summed E-state index contributed by atoms with van der Waals surface area (Å²) >= 11 is 0. The highest BCUT2D eigenvalue weighted by Gasteiger charge is 2.18. The van der Waals surface area contributed by atoms with E-state index < -0.39 is 0 Å². The Kier molecular flexibility index (Phi) is 5.40. The van der Waals surface area contributed by atoms with Crippen LogP contribution in [0.4, 0.5) is 0 Å². The van der Waals surface area contributed by atoms with Gasteiger partial charge < -0.3 is 14.6 Å². The molecule has 0 aliphatic heterocycles. The van der Waals surface area contributed by atoms with Crippen LogP contribution < -0.4 is 9.61 Å². The molecule has 2 radical (unpaired) electrons. The van der Waals surface area contributed by atoms with E-state index in [1.54, 1.807) is 6.07 Å². The molecule has 0 aromatic heterocycles. The molecule has 2 aromatic carbocycles. The van der Waals surface area contributed by atoms with E-state index in [0.29, 0.717) is 5.75 Å². The third-order valence-corrected chi connectivity index (χ3v) is 4.40. The van der Waals surface area contributed by atoms with Crippen LogP contribution in [0, 0.1) is 0 Å². The molecule has 0 fully saturated rings. The van der Waals surface area contributed by atoms with Crippen LogP contribution >= 0.6 is 0 Å². The molecule has 116 valence electrons. The van der Waals surface area contributed by atoms with Gasteiger partial charge in [-0.1, -0.05) is 51.1 Å². The number of hydrogen-bond acceptors (Lipinski definition) is 3. The molecule has 0 amide bonds. The van der Waals surface area contributed by atoms with Gasteiger partial charge in [-0.15, -0.1) is 0 Å². The van der Waals surface area contributed by atoms with Gasteiger partial charge in [0.15, 0.2) is 0 Å². The molecule has 0 atom stereocenters. The Hall–Kier alpha value is -1.62. The predicted molar refractivity (Wildman–Crippen MR) is 89.4 cm³/mol. The van der Waals surface area contributed by atoms with Crippen LogP contribution in [0.3, 0.4) is 0 Å². The van der Waals surface area contributed by atoms with Crippen LogP contribution in [-0.2, 0) is 18.6 Å². The molecule has 22 heavy (non-hydrogen) atoms. The normalized spacial score (nSPS) is 11.5. The smallest absolute Gasteiger partial charge is 0.351 e. The summed E-state index contributed by atoms with van der Waals surface area (Å²) in [5, 5.41) is 19.7. The summed E-state index contributed by atoms with van der Waals surface area (Å²) in [6, 6.07) is 13.7. The van der Waals surface area contributed by atoms with Crippen LogP contribution in [0.15, 0.2) is 42.5 Å². The third-order valence-electron chi connectivity index (χ3n) is 3.41. The van der Waals surface area contributed by atoms with Gasteiger partial charge in [-0.3, -0.25) is 0 Å². The number of aliphatic hydroxyl groups excluding tert-OH is 2. The first-order chi connectivity index (χ1) is 10.4. The van der Waals surface area contributed by atoms with E-state index in [4.69, 9.17) is 4.43 Å². The minimum absolute atomic E-state index is 0.0636. The summed E-state index contributed by atoms with van der Waals surface area (Å²) in [5.74, 6) is 0.678. The van der Waals surface area contributed by atoms with Gasteiger partial charge in [0.05, 0.1) is 13.2 Å². The lowest BCUT2D eigenvalue weighted by atomic mass is 9.87. The molecule has 0 aliphatic rings. The number of rotatable bonds is 5. The van der Waals surface area contributed by atoms with Crippen LogP contribution in [0.2, 0.25) is 0 Å². The van der Waals surface area contributed by atoms with E-state index in [1.165, 1.54) is 10.8 Å². The SMILES string of the molecule is CC(C)(C)c1ccccc1[Si]Oc1cc(CO)cc(CO)c1. The molecule has 0 heterocycles. The van der Waals surface area contributed by atoms with Gasteiger partial charge in [0, 0.05) is 0 Å². The molecule has 0 unspecified atom stereocenters. The Balaban J connectivity index is 2.20. The molecule has 0 bridgehead atoms. The average Bonchev–Trinajstić information content (AvgIpc) is 2.52. The highest BCUT2D eigenvalue weighted by atomic mass is 28.2. The molecule has 2 aromatic rings. The summed E-state index contributed by atoms with van der Waals surface area (Å²) in [4.78, 5) is 0. The molecule has 3 nitrogen and oxygen atoms in total. The first-order valence-electron chi connectivity index (χ1n) is 7.31. The van der Waals surface area contributed by atoms with Crippen molar-refractivity contribution < 1.29 is 14.6 Å². The van der Waals surface area contributed by atoms with Crippen molar-refractivity contribution in [1.29, 1.82) is 0 Å². The summed E-state index contributed by atoms with van der Waals surface area (Å²) in [5.41, 5.74) is 2.83.